The minimum atomic E-state index is -2.84. The molecule has 2 N–H and O–H groups in total. The van der Waals surface area contributed by atoms with Gasteiger partial charge in [0.05, 0.1) is 0 Å². The molecular weight excluding hydrogens is 392 g/mol. The Morgan fingerprint density at radius 2 is 1.70 bits per heavy atom. The lowest BCUT2D eigenvalue weighted by molar-refractivity contribution is -0.0498. The van der Waals surface area contributed by atoms with Crippen LogP contribution >= 0.6 is 0 Å². The molecule has 2 aromatic rings. The van der Waals surface area contributed by atoms with Crippen LogP contribution in [-0.2, 0) is 6.42 Å². The van der Waals surface area contributed by atoms with Crippen molar-refractivity contribution in [1.29, 1.82) is 0 Å². The van der Waals surface area contributed by atoms with E-state index in [1.54, 1.807) is 29.2 Å². The fourth-order valence-electron chi connectivity index (χ4n) is 3.35. The van der Waals surface area contributed by atoms with Crippen LogP contribution in [0.3, 0.4) is 0 Å². The van der Waals surface area contributed by atoms with Gasteiger partial charge in [-0.2, -0.15) is 8.78 Å². The van der Waals surface area contributed by atoms with Crippen molar-refractivity contribution in [3.63, 3.8) is 0 Å². The van der Waals surface area contributed by atoms with E-state index in [1.165, 1.54) is 12.1 Å². The van der Waals surface area contributed by atoms with Crippen molar-refractivity contribution < 1.29 is 23.1 Å². The van der Waals surface area contributed by atoms with Crippen LogP contribution in [0.15, 0.2) is 54.6 Å². The first-order chi connectivity index (χ1) is 14.5. The Balaban J connectivity index is 1.35. The third kappa shape index (κ3) is 6.43. The molecule has 0 radical (unpaired) electrons. The highest BCUT2D eigenvalue weighted by atomic mass is 19.3. The number of nitrogens with zero attached hydrogens (tertiary/aromatic N) is 1. The third-order valence-electron chi connectivity index (χ3n) is 4.99. The maximum Gasteiger partial charge on any atom is 0.387 e. The van der Waals surface area contributed by atoms with Crippen molar-refractivity contribution in [3.8, 4) is 5.75 Å². The summed E-state index contributed by atoms with van der Waals surface area (Å²) >= 11 is 0. The zero-order chi connectivity index (χ0) is 21.3. The van der Waals surface area contributed by atoms with Gasteiger partial charge in [0.1, 0.15) is 5.75 Å². The van der Waals surface area contributed by atoms with Gasteiger partial charge in [0.15, 0.2) is 0 Å². The number of urea groups is 1. The third-order valence-corrected chi connectivity index (χ3v) is 4.99. The number of carbonyl (C=O) groups is 2. The van der Waals surface area contributed by atoms with Gasteiger partial charge in [-0.1, -0.05) is 30.3 Å². The van der Waals surface area contributed by atoms with Crippen LogP contribution in [0, 0.1) is 0 Å². The summed E-state index contributed by atoms with van der Waals surface area (Å²) in [5.41, 5.74) is 1.55. The van der Waals surface area contributed by atoms with E-state index in [0.29, 0.717) is 44.5 Å². The topological polar surface area (TPSA) is 70.7 Å². The van der Waals surface area contributed by atoms with Gasteiger partial charge in [-0.3, -0.25) is 4.79 Å². The van der Waals surface area contributed by atoms with Gasteiger partial charge in [0.2, 0.25) is 0 Å². The number of halogens is 2. The van der Waals surface area contributed by atoms with Crippen LogP contribution in [0.4, 0.5) is 13.6 Å². The lowest BCUT2D eigenvalue weighted by atomic mass is 10.0. The van der Waals surface area contributed by atoms with E-state index >= 15 is 0 Å². The molecule has 0 saturated carbocycles. The molecule has 6 nitrogen and oxygen atoms in total. The number of benzene rings is 2. The van der Waals surface area contributed by atoms with Crippen LogP contribution in [-0.4, -0.2) is 49.1 Å². The summed E-state index contributed by atoms with van der Waals surface area (Å²) in [4.78, 5) is 26.3. The largest absolute Gasteiger partial charge is 0.435 e. The van der Waals surface area contributed by atoms with Gasteiger partial charge in [-0.05, 0) is 49.1 Å². The van der Waals surface area contributed by atoms with Crippen LogP contribution in [0.5, 0.6) is 5.75 Å². The normalized spacial score (nSPS) is 14.4. The second kappa shape index (κ2) is 10.6. The number of ether oxygens (including phenoxy) is 1. The van der Waals surface area contributed by atoms with Gasteiger partial charge in [0, 0.05) is 31.2 Å². The molecule has 1 heterocycles. The molecule has 8 heteroatoms. The quantitative estimate of drug-likeness (QED) is 0.725. The van der Waals surface area contributed by atoms with Crippen molar-refractivity contribution in [2.45, 2.75) is 31.9 Å². The van der Waals surface area contributed by atoms with E-state index in [4.69, 9.17) is 0 Å². The maximum absolute atomic E-state index is 12.3. The molecule has 0 aliphatic carbocycles. The van der Waals surface area contributed by atoms with Gasteiger partial charge in [0.25, 0.3) is 5.91 Å². The van der Waals surface area contributed by atoms with E-state index in [1.807, 2.05) is 18.2 Å². The summed E-state index contributed by atoms with van der Waals surface area (Å²) in [5, 5.41) is 5.90. The first kappa shape index (κ1) is 21.5. The number of carbonyl (C=O) groups excluding carboxylic acids is 2. The van der Waals surface area contributed by atoms with Crippen LogP contribution in [0.1, 0.15) is 28.8 Å². The zero-order valence-electron chi connectivity index (χ0n) is 16.5. The van der Waals surface area contributed by atoms with E-state index in [2.05, 4.69) is 15.4 Å². The molecule has 1 aliphatic heterocycles. The molecule has 3 amide bonds. The summed E-state index contributed by atoms with van der Waals surface area (Å²) < 4.78 is 28.6. The predicted octanol–water partition coefficient (Wildman–Crippen LogP) is 3.43. The molecule has 1 saturated heterocycles. The van der Waals surface area contributed by atoms with Crippen LogP contribution < -0.4 is 15.4 Å². The van der Waals surface area contributed by atoms with Crippen molar-refractivity contribution in [2.24, 2.45) is 0 Å². The Labute approximate surface area is 174 Å². The standard InChI is InChI=1S/C22H25F2N3O3/c23-21(24)30-19-8-6-16(7-9-19)10-13-25-22(29)27-14-11-18(12-15-27)26-20(28)17-4-2-1-3-5-17/h1-9,18,21H,10-15H2,(H,25,29)(H,26,28). The maximum atomic E-state index is 12.3. The second-order valence-corrected chi connectivity index (χ2v) is 7.11. The van der Waals surface area contributed by atoms with Gasteiger partial charge in [-0.25, -0.2) is 4.79 Å². The number of alkyl halides is 2. The lowest BCUT2D eigenvalue weighted by Gasteiger charge is -2.32. The van der Waals surface area contributed by atoms with Crippen LogP contribution in [0.25, 0.3) is 0 Å². The van der Waals surface area contributed by atoms with Gasteiger partial charge < -0.3 is 20.3 Å². The molecule has 160 valence electrons. The number of piperidine rings is 1. The predicted molar refractivity (Wildman–Crippen MR) is 109 cm³/mol. The van der Waals surface area contributed by atoms with Crippen molar-refractivity contribution in [3.05, 3.63) is 65.7 Å². The molecule has 0 bridgehead atoms. The Bertz CT molecular complexity index is 823. The molecule has 30 heavy (non-hydrogen) atoms. The number of hydrogen-bond acceptors (Lipinski definition) is 3. The van der Waals surface area contributed by atoms with Crippen molar-refractivity contribution in [2.75, 3.05) is 19.6 Å². The zero-order valence-corrected chi connectivity index (χ0v) is 16.5. The molecular formula is C22H25F2N3O3. The summed E-state index contributed by atoms with van der Waals surface area (Å²) in [7, 11) is 0. The minimum Gasteiger partial charge on any atom is -0.435 e. The van der Waals surface area contributed by atoms with Gasteiger partial charge >= 0.3 is 12.6 Å². The summed E-state index contributed by atoms with van der Waals surface area (Å²) in [6.45, 7) is -1.25. The molecule has 1 aliphatic rings. The molecule has 2 aromatic carbocycles. The Morgan fingerprint density at radius 3 is 2.33 bits per heavy atom. The molecule has 3 rings (SSSR count). The smallest absolute Gasteiger partial charge is 0.387 e. The summed E-state index contributed by atoms with van der Waals surface area (Å²) in [6.07, 6.45) is 2.00. The molecule has 0 atom stereocenters. The molecule has 1 fully saturated rings. The fourth-order valence-corrected chi connectivity index (χ4v) is 3.35. The van der Waals surface area contributed by atoms with Crippen LogP contribution in [0.2, 0.25) is 0 Å². The Kier molecular flexibility index (Phi) is 7.59. The summed E-state index contributed by atoms with van der Waals surface area (Å²) in [6, 6.07) is 15.3. The van der Waals surface area contributed by atoms with E-state index in [9.17, 15) is 18.4 Å². The monoisotopic (exact) mass is 417 g/mol. The average Bonchev–Trinajstić information content (AvgIpc) is 2.75. The minimum absolute atomic E-state index is 0.0516. The Morgan fingerprint density at radius 1 is 1.03 bits per heavy atom. The Hall–Kier alpha value is -3.16. The number of amides is 3. The highest BCUT2D eigenvalue weighted by molar-refractivity contribution is 5.94. The second-order valence-electron chi connectivity index (χ2n) is 7.11. The number of rotatable bonds is 7. The molecule has 0 unspecified atom stereocenters. The lowest BCUT2D eigenvalue weighted by Crippen LogP contribution is -2.49. The van der Waals surface area contributed by atoms with Crippen molar-refractivity contribution in [1.82, 2.24) is 15.5 Å². The summed E-state index contributed by atoms with van der Waals surface area (Å²) in [5.74, 6) is 0.0171. The van der Waals surface area contributed by atoms with E-state index in [-0.39, 0.29) is 23.7 Å². The number of nitrogens with one attached hydrogen (secondary N) is 2. The highest BCUT2D eigenvalue weighted by Gasteiger charge is 2.23. The molecule has 0 spiro atoms. The first-order valence-electron chi connectivity index (χ1n) is 9.93. The van der Waals surface area contributed by atoms with Crippen molar-refractivity contribution >= 4 is 11.9 Å². The number of hydrogen-bond donors (Lipinski definition) is 2. The average molecular weight is 417 g/mol. The number of likely N-dealkylation sites (tertiary alicyclic amines) is 1. The van der Waals surface area contributed by atoms with E-state index in [0.717, 1.165) is 5.56 Å². The SMILES string of the molecule is O=C(NC1CCN(C(=O)NCCc2ccc(OC(F)F)cc2)CC1)c1ccccc1. The molecule has 0 aromatic heterocycles. The first-order valence-corrected chi connectivity index (χ1v) is 9.93. The highest BCUT2D eigenvalue weighted by Crippen LogP contribution is 2.15. The fraction of sp³-hybridized carbons (Fsp3) is 0.364. The van der Waals surface area contributed by atoms with Gasteiger partial charge in [-0.15, -0.1) is 0 Å². The van der Waals surface area contributed by atoms with E-state index < -0.39 is 6.61 Å².